The minimum Gasteiger partial charge on any atom is -0.479 e. The molecule has 8 nitrogen and oxygen atoms in total. The monoisotopic (exact) mass is 546 g/mol. The summed E-state index contributed by atoms with van der Waals surface area (Å²) in [5.74, 6) is -1.81. The standard InChI is InChI=1S/C29H40BFO8/c1-16-8-10-29-11-9-19(32)25(29)28(16,4)21(12-27(3,15-36-5)26(34)17(29)2)39-22(33)14-37-20-7-6-18-13-38-30(35)23(18)24(20)31/h6-7,16-17,21,25-26,34-35H,8-15H2,1-5H3/t16-,17-,21+,25-,26-,27-,28-,29-/m0/s1. The van der Waals surface area contributed by atoms with E-state index in [2.05, 4.69) is 20.8 Å². The molecule has 3 aliphatic carbocycles. The van der Waals surface area contributed by atoms with Crippen molar-refractivity contribution in [1.29, 1.82) is 0 Å². The average molecular weight is 546 g/mol. The molecule has 1 aliphatic heterocycles. The molecule has 2 bridgehead atoms. The lowest BCUT2D eigenvalue weighted by atomic mass is 9.44. The van der Waals surface area contributed by atoms with Gasteiger partial charge in [0.05, 0.1) is 19.3 Å². The van der Waals surface area contributed by atoms with Crippen molar-refractivity contribution in [3.05, 3.63) is 23.5 Å². The molecule has 1 aromatic carbocycles. The van der Waals surface area contributed by atoms with Crippen molar-refractivity contribution < 1.29 is 43.0 Å². The molecule has 0 unspecified atom stereocenters. The van der Waals surface area contributed by atoms with E-state index in [9.17, 15) is 24.1 Å². The number of methoxy groups -OCH3 is 1. The lowest BCUT2D eigenvalue weighted by Crippen LogP contribution is -2.64. The Morgan fingerprint density at radius 2 is 2.00 bits per heavy atom. The molecule has 0 amide bonds. The second-order valence-corrected chi connectivity index (χ2v) is 12.8. The topological polar surface area (TPSA) is 112 Å². The summed E-state index contributed by atoms with van der Waals surface area (Å²) in [5, 5.41) is 21.7. The maximum Gasteiger partial charge on any atom is 0.494 e. The minimum atomic E-state index is -1.38. The summed E-state index contributed by atoms with van der Waals surface area (Å²) in [6.45, 7) is 8.03. The fourth-order valence-corrected chi connectivity index (χ4v) is 8.53. The van der Waals surface area contributed by atoms with Crippen LogP contribution in [0, 0.1) is 39.8 Å². The van der Waals surface area contributed by atoms with E-state index >= 15 is 0 Å². The number of aliphatic hydroxyl groups excluding tert-OH is 1. The molecule has 3 saturated carbocycles. The van der Waals surface area contributed by atoms with Gasteiger partial charge in [-0.05, 0) is 54.6 Å². The fraction of sp³-hybridized carbons (Fsp3) is 0.724. The zero-order valence-corrected chi connectivity index (χ0v) is 23.5. The predicted molar refractivity (Wildman–Crippen MR) is 141 cm³/mol. The first kappa shape index (κ1) is 28.5. The first-order chi connectivity index (χ1) is 18.4. The second kappa shape index (κ2) is 10.1. The van der Waals surface area contributed by atoms with E-state index in [1.54, 1.807) is 13.2 Å². The Morgan fingerprint density at radius 1 is 1.26 bits per heavy atom. The van der Waals surface area contributed by atoms with E-state index in [1.165, 1.54) is 6.07 Å². The van der Waals surface area contributed by atoms with Gasteiger partial charge in [-0.2, -0.15) is 0 Å². The van der Waals surface area contributed by atoms with Crippen molar-refractivity contribution >= 4 is 24.3 Å². The summed E-state index contributed by atoms with van der Waals surface area (Å²) in [6.07, 6.45) is 1.77. The second-order valence-electron chi connectivity index (χ2n) is 12.8. The molecule has 8 atom stereocenters. The molecule has 3 fully saturated rings. The molecule has 2 N–H and O–H groups in total. The number of fused-ring (bicyclic) bond motifs is 1. The third-order valence-electron chi connectivity index (χ3n) is 10.9. The van der Waals surface area contributed by atoms with Gasteiger partial charge in [0.1, 0.15) is 11.9 Å². The quantitative estimate of drug-likeness (QED) is 0.414. The number of hydrogen-bond donors (Lipinski definition) is 2. The van der Waals surface area contributed by atoms with Crippen molar-refractivity contribution in [1.82, 2.24) is 0 Å². The van der Waals surface area contributed by atoms with E-state index in [1.807, 2.05) is 6.92 Å². The van der Waals surface area contributed by atoms with E-state index in [-0.39, 0.29) is 53.4 Å². The Bertz CT molecular complexity index is 1150. The van der Waals surface area contributed by atoms with Gasteiger partial charge in [0.15, 0.2) is 18.2 Å². The highest BCUT2D eigenvalue weighted by atomic mass is 19.1. The Kier molecular flexibility index (Phi) is 7.40. The summed E-state index contributed by atoms with van der Waals surface area (Å²) >= 11 is 0. The van der Waals surface area contributed by atoms with E-state index < -0.39 is 48.5 Å². The van der Waals surface area contributed by atoms with Gasteiger partial charge < -0.3 is 29.0 Å². The third-order valence-corrected chi connectivity index (χ3v) is 10.9. The predicted octanol–water partition coefficient (Wildman–Crippen LogP) is 2.79. The molecule has 0 saturated heterocycles. The van der Waals surface area contributed by atoms with Crippen LogP contribution in [-0.2, 0) is 30.3 Å². The molecule has 4 aliphatic rings. The van der Waals surface area contributed by atoms with Crippen LogP contribution in [0.5, 0.6) is 5.75 Å². The third kappa shape index (κ3) is 4.33. The first-order valence-corrected chi connectivity index (χ1v) is 14.0. The maximum absolute atomic E-state index is 15.0. The number of ether oxygens (including phenoxy) is 3. The smallest absolute Gasteiger partial charge is 0.479 e. The van der Waals surface area contributed by atoms with Crippen LogP contribution in [0.3, 0.4) is 0 Å². The summed E-state index contributed by atoms with van der Waals surface area (Å²) in [7, 11) is 0.212. The Morgan fingerprint density at radius 3 is 2.72 bits per heavy atom. The number of benzene rings is 1. The largest absolute Gasteiger partial charge is 0.494 e. The number of aliphatic hydroxyl groups is 1. The van der Waals surface area contributed by atoms with Gasteiger partial charge in [-0.15, -0.1) is 0 Å². The van der Waals surface area contributed by atoms with Gasteiger partial charge in [-0.1, -0.05) is 33.8 Å². The van der Waals surface area contributed by atoms with E-state index in [0.717, 1.165) is 19.3 Å². The van der Waals surface area contributed by atoms with E-state index in [4.69, 9.17) is 18.9 Å². The molecule has 10 heteroatoms. The van der Waals surface area contributed by atoms with Gasteiger partial charge in [-0.3, -0.25) is 4.79 Å². The Balaban J connectivity index is 1.45. The van der Waals surface area contributed by atoms with Gasteiger partial charge in [0.2, 0.25) is 0 Å². The molecular formula is C29H40BFO8. The van der Waals surface area contributed by atoms with Crippen LogP contribution in [0.25, 0.3) is 0 Å². The number of esters is 1. The molecule has 0 spiro atoms. The number of halogens is 1. The lowest BCUT2D eigenvalue weighted by Gasteiger charge is -2.62. The van der Waals surface area contributed by atoms with Crippen LogP contribution in [-0.4, -0.2) is 61.5 Å². The zero-order valence-electron chi connectivity index (χ0n) is 23.5. The van der Waals surface area contributed by atoms with Gasteiger partial charge in [-0.25, -0.2) is 9.18 Å². The number of carbonyl (C=O) groups is 2. The highest BCUT2D eigenvalue weighted by Gasteiger charge is 2.68. The number of Topliss-reactive ketones (excluding diaryl/α,β-unsaturated/α-hetero) is 1. The van der Waals surface area contributed by atoms with Crippen molar-refractivity contribution in [2.75, 3.05) is 20.3 Å². The summed E-state index contributed by atoms with van der Waals surface area (Å²) in [4.78, 5) is 26.8. The molecule has 214 valence electrons. The molecule has 0 aromatic heterocycles. The highest BCUT2D eigenvalue weighted by Crippen LogP contribution is 2.67. The first-order valence-electron chi connectivity index (χ1n) is 14.0. The fourth-order valence-electron chi connectivity index (χ4n) is 8.53. The van der Waals surface area contributed by atoms with E-state index in [0.29, 0.717) is 18.4 Å². The summed E-state index contributed by atoms with van der Waals surface area (Å²) in [5.41, 5.74) is -1.20. The van der Waals surface area contributed by atoms with Crippen LogP contribution in [0.15, 0.2) is 12.1 Å². The van der Waals surface area contributed by atoms with Crippen LogP contribution in [0.4, 0.5) is 4.39 Å². The molecule has 1 aromatic rings. The zero-order chi connectivity index (χ0) is 28.3. The SMILES string of the molecule is COC[C@]1(C)C[C@@H](OC(=O)COc2ccc3c(c2F)B(O)OC3)[C@@]2(C)[C@@H]3C(=O)CC[C@@]3(CC[C@@H]2C)[C@@H](C)[C@@H]1O. The lowest BCUT2D eigenvalue weighted by molar-refractivity contribution is -0.217. The minimum absolute atomic E-state index is 0.0129. The Hall–Kier alpha value is -2.01. The number of hydrogen-bond acceptors (Lipinski definition) is 8. The molecule has 39 heavy (non-hydrogen) atoms. The highest BCUT2D eigenvalue weighted by molar-refractivity contribution is 6.61. The van der Waals surface area contributed by atoms with Gasteiger partial charge >= 0.3 is 13.1 Å². The molecule has 5 rings (SSSR count). The number of rotatable bonds is 6. The molecule has 0 radical (unpaired) electrons. The van der Waals surface area contributed by atoms with Crippen molar-refractivity contribution in [3.8, 4) is 5.75 Å². The maximum atomic E-state index is 15.0. The average Bonchev–Trinajstić information content (AvgIpc) is 3.45. The normalized spacial score (nSPS) is 39.5. The van der Waals surface area contributed by atoms with Crippen LogP contribution < -0.4 is 10.2 Å². The van der Waals surface area contributed by atoms with Gasteiger partial charge in [0, 0.05) is 35.7 Å². The summed E-state index contributed by atoms with van der Waals surface area (Å²) < 4.78 is 37.3. The molecular weight excluding hydrogens is 506 g/mol. The summed E-state index contributed by atoms with van der Waals surface area (Å²) in [6, 6.07) is 3.00. The number of carbonyl (C=O) groups excluding carboxylic acids is 2. The molecule has 1 heterocycles. The van der Waals surface area contributed by atoms with Gasteiger partial charge in [0.25, 0.3) is 0 Å². The Labute approximate surface area is 229 Å². The van der Waals surface area contributed by atoms with Crippen molar-refractivity contribution in [2.24, 2.45) is 34.0 Å². The van der Waals surface area contributed by atoms with Crippen LogP contribution in [0.1, 0.15) is 65.4 Å². The van der Waals surface area contributed by atoms with Crippen LogP contribution >= 0.6 is 0 Å². The van der Waals surface area contributed by atoms with Crippen LogP contribution in [0.2, 0.25) is 0 Å². The number of ketones is 1. The van der Waals surface area contributed by atoms with Crippen molar-refractivity contribution in [3.63, 3.8) is 0 Å². The van der Waals surface area contributed by atoms with Crippen molar-refractivity contribution in [2.45, 2.75) is 78.6 Å².